The van der Waals surface area contributed by atoms with E-state index in [2.05, 4.69) is 367 Å². The van der Waals surface area contributed by atoms with Crippen LogP contribution in [-0.2, 0) is 5.41 Å². The van der Waals surface area contributed by atoms with Gasteiger partial charge in [-0.25, -0.2) is 39.9 Å². The van der Waals surface area contributed by atoms with Crippen LogP contribution in [0.5, 0.6) is 11.8 Å². The van der Waals surface area contributed by atoms with Gasteiger partial charge in [-0.1, -0.05) is 272 Å². The minimum atomic E-state index is -0.219. The van der Waals surface area contributed by atoms with Gasteiger partial charge in [0.15, 0.2) is 5.82 Å². The molecule has 0 fully saturated rings. The quantitative estimate of drug-likeness (QED) is 0.141. The van der Waals surface area contributed by atoms with E-state index in [-0.39, 0.29) is 5.41 Å². The number of thiophene rings is 7. The molecule has 13 aromatic carbocycles. The molecule has 0 spiro atoms. The van der Waals surface area contributed by atoms with E-state index < -0.39 is 0 Å². The predicted molar refractivity (Wildman–Crippen MR) is 603 cm³/mol. The highest BCUT2D eigenvalue weighted by Crippen LogP contribution is 2.45. The normalized spacial score (nSPS) is 11.4. The van der Waals surface area contributed by atoms with Crippen LogP contribution in [0, 0.1) is 69.2 Å². The Hall–Kier alpha value is -15.1. The Morgan fingerprint density at radius 3 is 1.04 bits per heavy atom. The molecule has 141 heavy (non-hydrogen) atoms. The van der Waals surface area contributed by atoms with Crippen LogP contribution >= 0.6 is 79.4 Å². The van der Waals surface area contributed by atoms with Crippen molar-refractivity contribution in [3.63, 3.8) is 0 Å². The predicted octanol–water partition coefficient (Wildman–Crippen LogP) is 35.0. The fraction of sp³-hybridized carbons (Fsp3) is 0.107. The number of hydrogen-bond donors (Lipinski definition) is 0. The lowest BCUT2D eigenvalue weighted by atomic mass is 9.83. The number of para-hydroxylation sites is 1. The average molecular weight is 1960 g/mol. The monoisotopic (exact) mass is 1950 g/mol. The molecule has 0 bridgehead atoms. The molecule has 0 saturated heterocycles. The van der Waals surface area contributed by atoms with Crippen molar-refractivity contribution in [3.05, 3.63) is 420 Å². The molecule has 13 nitrogen and oxygen atoms in total. The van der Waals surface area contributed by atoms with E-state index in [1.54, 1.807) is 56.7 Å². The second-order valence-corrected chi connectivity index (χ2v) is 42.6. The van der Waals surface area contributed by atoms with E-state index in [0.717, 1.165) is 112 Å². The van der Waals surface area contributed by atoms with E-state index in [1.165, 1.54) is 149 Å². The topological polar surface area (TPSA) is 164 Å². The van der Waals surface area contributed by atoms with E-state index >= 15 is 0 Å². The Balaban J connectivity index is 0.0000000982. The van der Waals surface area contributed by atoms with Gasteiger partial charge >= 0.3 is 6.01 Å². The highest BCUT2D eigenvalue weighted by atomic mass is 32.1. The SMILES string of the molecule is Cc1ccc(-c2nc(C)c3sc4cc(-c5ccccc5)ccc4c3n2)cc1.Cc1ccnc2c1sc1cc(-c3ccccc3)ccc12.Cc1ccnc2c1sc1ccc(-c3ccccc3)cc12.Cc1nc(C(C)(C)c2ccccc2)nc2c1sc1ccccc12.Cc1nc(C)c2sc3ccccc3c2n1.Cc1nc(C)c2sc3ccccc3c2n1.Cc1nc(Oc2ccccc2)nc2c1sc1ccccc12. The summed E-state index contributed by atoms with van der Waals surface area (Å²) in [5.41, 5.74) is 26.2. The summed E-state index contributed by atoms with van der Waals surface area (Å²) in [5, 5.41) is 8.58. The average Bonchev–Trinajstić information content (AvgIpc) is 1.63. The zero-order chi connectivity index (χ0) is 96.5. The van der Waals surface area contributed by atoms with E-state index in [1.807, 2.05) is 130 Å². The van der Waals surface area contributed by atoms with Crippen LogP contribution in [0.1, 0.15) is 82.0 Å². The lowest BCUT2D eigenvalue weighted by Crippen LogP contribution is -2.22. The van der Waals surface area contributed by atoms with E-state index in [9.17, 15) is 0 Å². The van der Waals surface area contributed by atoms with Crippen LogP contribution in [0.25, 0.3) is 187 Å². The van der Waals surface area contributed by atoms with Gasteiger partial charge in [-0.05, 0) is 206 Å². The Morgan fingerprint density at radius 1 is 0.227 bits per heavy atom. The fourth-order valence-corrected chi connectivity index (χ4v) is 25.4. The molecule has 14 aromatic heterocycles. The lowest BCUT2D eigenvalue weighted by Gasteiger charge is -2.24. The first kappa shape index (κ1) is 92.3. The molecule has 0 aliphatic carbocycles. The third-order valence-electron chi connectivity index (χ3n) is 25.0. The van der Waals surface area contributed by atoms with Gasteiger partial charge in [0.1, 0.15) is 23.2 Å². The van der Waals surface area contributed by atoms with E-state index in [4.69, 9.17) is 24.7 Å². The third kappa shape index (κ3) is 19.1. The smallest absolute Gasteiger partial charge is 0.322 e. The lowest BCUT2D eigenvalue weighted by molar-refractivity contribution is 0.443. The first-order valence-electron chi connectivity index (χ1n) is 46.6. The number of rotatable bonds is 8. The first-order valence-corrected chi connectivity index (χ1v) is 52.3. The van der Waals surface area contributed by atoms with Crippen LogP contribution in [-0.4, -0.2) is 59.8 Å². The third-order valence-corrected chi connectivity index (χ3v) is 33.9. The minimum Gasteiger partial charge on any atom is -0.424 e. The maximum absolute atomic E-state index is 5.77. The molecule has 0 aliphatic heterocycles. The summed E-state index contributed by atoms with van der Waals surface area (Å²) in [6.07, 6.45) is 3.80. The van der Waals surface area contributed by atoms with Crippen molar-refractivity contribution in [1.82, 2.24) is 59.8 Å². The van der Waals surface area contributed by atoms with Crippen molar-refractivity contribution in [3.8, 4) is 56.5 Å². The van der Waals surface area contributed by atoms with Gasteiger partial charge in [-0.15, -0.1) is 79.4 Å². The molecule has 0 amide bonds. The molecule has 0 atom stereocenters. The van der Waals surface area contributed by atoms with Gasteiger partial charge < -0.3 is 4.74 Å². The summed E-state index contributed by atoms with van der Waals surface area (Å²) >= 11 is 12.5. The van der Waals surface area contributed by atoms with Crippen molar-refractivity contribution in [2.75, 3.05) is 0 Å². The van der Waals surface area contributed by atoms with Crippen LogP contribution in [0.2, 0.25) is 0 Å². The molecule has 14 heterocycles. The Bertz CT molecular complexity index is 9190. The summed E-state index contributed by atoms with van der Waals surface area (Å²) in [6, 6.07) is 118. The maximum atomic E-state index is 5.77. The number of pyridine rings is 2. The molecular weight excluding hydrogens is 1860 g/mol. The van der Waals surface area contributed by atoms with Crippen LogP contribution in [0.3, 0.4) is 0 Å². The van der Waals surface area contributed by atoms with Crippen molar-refractivity contribution < 1.29 is 4.74 Å². The van der Waals surface area contributed by atoms with Crippen LogP contribution in [0.15, 0.2) is 352 Å². The number of aromatic nitrogens is 12. The molecule has 686 valence electrons. The number of fused-ring (bicyclic) bond motifs is 21. The number of nitrogens with zero attached hydrogens (tertiary/aromatic N) is 12. The molecule has 0 N–H and O–H groups in total. The van der Waals surface area contributed by atoms with Crippen molar-refractivity contribution in [2.24, 2.45) is 0 Å². The zero-order valence-electron chi connectivity index (χ0n) is 79.6. The largest absolute Gasteiger partial charge is 0.424 e. The van der Waals surface area contributed by atoms with Crippen molar-refractivity contribution in [2.45, 2.75) is 88.5 Å². The minimum absolute atomic E-state index is 0.219. The Labute approximate surface area is 844 Å². The summed E-state index contributed by atoms with van der Waals surface area (Å²) in [5.74, 6) is 4.13. The molecule has 0 aliphatic rings. The standard InChI is InChI=1S/C24H18N2S.C20H18N2S.2C18H13NS.C17H12N2OS.2C12H10N2S/c1-15-8-10-18(11-9-15)24-25-16(2)23-22(26-24)20-13-12-19(14-21(20)27-23)17-6-4-3-5-7-17;1-13-18-17(15-11-7-8-12-16(15)23-18)22-19(21-13)20(2,3)14-9-5-4-6-10-14;1-12-9-10-19-17-15-11-14(13-5-3-2-4-6-13)7-8-16(15)20-18(12)17;1-12-9-10-19-17-15-8-7-14(11-16(15)20-18(12)17)13-5-3-2-4-6-13;1-11-16-15(13-9-5-6-10-14(13)21-16)19-17(18-11)20-12-7-3-2-4-8-12;2*1-7-12-11(14-8(2)13-7)9-5-3-4-6-10(9)15-12/h3-14H,1-2H3;4-12H,1-3H3;2*2-11H,1H3;2-10H,1H3;2*3-6H,1-2H3. The Morgan fingerprint density at radius 2 is 0.560 bits per heavy atom. The van der Waals surface area contributed by atoms with Crippen LogP contribution < -0.4 is 4.74 Å². The first-order chi connectivity index (χ1) is 68.7. The fourth-order valence-electron chi connectivity index (χ4n) is 17.7. The number of aryl methyl sites for hydroxylation is 10. The molecule has 0 saturated carbocycles. The molecular formula is C121H94N12OS7. The molecule has 20 heteroatoms. The summed E-state index contributed by atoms with van der Waals surface area (Å²) < 4.78 is 23.2. The maximum Gasteiger partial charge on any atom is 0.322 e. The zero-order valence-corrected chi connectivity index (χ0v) is 85.3. The highest BCUT2D eigenvalue weighted by Gasteiger charge is 2.29. The van der Waals surface area contributed by atoms with E-state index in [0.29, 0.717) is 6.01 Å². The number of hydrogen-bond acceptors (Lipinski definition) is 20. The van der Waals surface area contributed by atoms with Gasteiger partial charge in [-0.2, -0.15) is 9.97 Å². The van der Waals surface area contributed by atoms with Crippen LogP contribution in [0.4, 0.5) is 0 Å². The highest BCUT2D eigenvalue weighted by molar-refractivity contribution is 7.28. The summed E-state index contributed by atoms with van der Waals surface area (Å²) in [4.78, 5) is 55.5. The molecule has 0 unspecified atom stereocenters. The van der Waals surface area contributed by atoms with Crippen molar-refractivity contribution >= 4 is 221 Å². The number of benzene rings is 13. The van der Waals surface area contributed by atoms with Crippen molar-refractivity contribution in [1.29, 1.82) is 0 Å². The summed E-state index contributed by atoms with van der Waals surface area (Å²) in [6.45, 7) is 24.9. The van der Waals surface area contributed by atoms with Gasteiger partial charge in [0.2, 0.25) is 0 Å². The van der Waals surface area contributed by atoms with Gasteiger partial charge in [0.25, 0.3) is 0 Å². The van der Waals surface area contributed by atoms with Gasteiger partial charge in [0.05, 0.1) is 100.0 Å². The molecule has 27 rings (SSSR count). The molecule has 0 radical (unpaired) electrons. The second-order valence-electron chi connectivity index (χ2n) is 35.3. The Kier molecular flexibility index (Phi) is 26.2. The second kappa shape index (κ2) is 40.0. The van der Waals surface area contributed by atoms with Gasteiger partial charge in [-0.3, -0.25) is 9.97 Å². The van der Waals surface area contributed by atoms with Gasteiger partial charge in [0, 0.05) is 94.0 Å². The number of ether oxygens (including phenoxy) is 1. The molecule has 27 aromatic rings. The summed E-state index contributed by atoms with van der Waals surface area (Å²) in [7, 11) is 0.